The second-order valence-corrected chi connectivity index (χ2v) is 4.69. The third-order valence-electron chi connectivity index (χ3n) is 3.62. The van der Waals surface area contributed by atoms with E-state index in [1.165, 1.54) is 11.9 Å². The largest absolute Gasteiger partial charge is 0.462 e. The fraction of sp³-hybridized carbons (Fsp3) is 0.308. The molecular weight excluding hydrogens is 262 g/mol. The minimum Gasteiger partial charge on any atom is -0.462 e. The highest BCUT2D eigenvalue weighted by Crippen LogP contribution is 2.30. The minimum atomic E-state index is -1.38. The first-order chi connectivity index (χ1) is 9.56. The molecular formula is C13H13N3O4. The van der Waals surface area contributed by atoms with Gasteiger partial charge in [0.1, 0.15) is 0 Å². The Labute approximate surface area is 115 Å². The van der Waals surface area contributed by atoms with Crippen molar-refractivity contribution in [2.24, 2.45) is 0 Å². The minimum absolute atomic E-state index is 0.183. The summed E-state index contributed by atoms with van der Waals surface area (Å²) >= 11 is 0. The molecule has 1 spiro atoms. The predicted octanol–water partition coefficient (Wildman–Crippen LogP) is 0.911. The zero-order valence-corrected chi connectivity index (χ0v) is 10.8. The number of benzene rings is 1. The summed E-state index contributed by atoms with van der Waals surface area (Å²) in [5, 5.41) is 2.59. The van der Waals surface area contributed by atoms with Gasteiger partial charge in [0, 0.05) is 13.5 Å². The maximum absolute atomic E-state index is 12.4. The van der Waals surface area contributed by atoms with E-state index in [-0.39, 0.29) is 13.0 Å². The molecule has 3 rings (SSSR count). The number of hydrogen-bond donors (Lipinski definition) is 1. The van der Waals surface area contributed by atoms with E-state index in [9.17, 15) is 14.4 Å². The summed E-state index contributed by atoms with van der Waals surface area (Å²) in [7, 11) is 1.48. The van der Waals surface area contributed by atoms with Gasteiger partial charge in [-0.25, -0.2) is 19.3 Å². The number of nitrogens with zero attached hydrogens (tertiary/aromatic N) is 2. The zero-order chi connectivity index (χ0) is 14.3. The number of likely N-dealkylation sites (N-methyl/N-ethyl adjacent to an activating group) is 1. The van der Waals surface area contributed by atoms with Crippen LogP contribution in [0, 0.1) is 0 Å². The molecule has 1 aromatic rings. The lowest BCUT2D eigenvalue weighted by Gasteiger charge is -2.43. The Kier molecular flexibility index (Phi) is 2.63. The maximum atomic E-state index is 12.4. The van der Waals surface area contributed by atoms with Crippen LogP contribution in [-0.2, 0) is 9.53 Å². The molecule has 1 unspecified atom stereocenters. The number of ether oxygens (including phenoxy) is 1. The Morgan fingerprint density at radius 3 is 2.50 bits per heavy atom. The van der Waals surface area contributed by atoms with Crippen LogP contribution in [0.4, 0.5) is 15.3 Å². The highest BCUT2D eigenvalue weighted by Gasteiger charge is 2.56. The van der Waals surface area contributed by atoms with E-state index >= 15 is 0 Å². The Hall–Kier alpha value is -2.57. The first-order valence-corrected chi connectivity index (χ1v) is 6.18. The summed E-state index contributed by atoms with van der Waals surface area (Å²) in [6.07, 6.45) is 0.252. The number of para-hydroxylation sites is 1. The average Bonchev–Trinajstić information content (AvgIpc) is 2.80. The van der Waals surface area contributed by atoms with Gasteiger partial charge < -0.3 is 10.1 Å². The van der Waals surface area contributed by atoms with Crippen molar-refractivity contribution in [3.63, 3.8) is 0 Å². The molecule has 4 amide bonds. The molecule has 1 aromatic carbocycles. The molecule has 1 atom stereocenters. The molecule has 0 saturated carbocycles. The number of carbonyl (C=O) groups excluding carboxylic acids is 3. The maximum Gasteiger partial charge on any atom is 0.353 e. The van der Waals surface area contributed by atoms with E-state index in [1.54, 1.807) is 30.3 Å². The first-order valence-electron chi connectivity index (χ1n) is 6.18. The Balaban J connectivity index is 1.98. The molecule has 2 aliphatic heterocycles. The van der Waals surface area contributed by atoms with Crippen molar-refractivity contribution < 1.29 is 19.1 Å². The van der Waals surface area contributed by atoms with Gasteiger partial charge in [-0.1, -0.05) is 18.2 Å². The molecule has 0 aromatic heterocycles. The molecule has 7 nitrogen and oxygen atoms in total. The van der Waals surface area contributed by atoms with Crippen molar-refractivity contribution in [3.05, 3.63) is 30.3 Å². The van der Waals surface area contributed by atoms with Crippen LogP contribution in [0.25, 0.3) is 0 Å². The number of amides is 4. The van der Waals surface area contributed by atoms with Crippen molar-refractivity contribution in [2.45, 2.75) is 12.1 Å². The van der Waals surface area contributed by atoms with Crippen molar-refractivity contribution in [1.82, 2.24) is 10.2 Å². The molecule has 20 heavy (non-hydrogen) atoms. The Bertz CT molecular complexity index is 589. The molecule has 7 heteroatoms. The molecule has 2 fully saturated rings. The number of esters is 1. The van der Waals surface area contributed by atoms with Crippen LogP contribution >= 0.6 is 0 Å². The van der Waals surface area contributed by atoms with Gasteiger partial charge in [-0.05, 0) is 12.1 Å². The van der Waals surface area contributed by atoms with Crippen LogP contribution in [0.3, 0.4) is 0 Å². The van der Waals surface area contributed by atoms with Crippen molar-refractivity contribution in [2.75, 3.05) is 18.6 Å². The lowest BCUT2D eigenvalue weighted by Crippen LogP contribution is -2.73. The van der Waals surface area contributed by atoms with Crippen LogP contribution in [-0.4, -0.2) is 42.2 Å². The third kappa shape index (κ3) is 1.56. The van der Waals surface area contributed by atoms with E-state index < -0.39 is 23.7 Å². The SMILES string of the molecule is CN1C(=O)N(c2ccccc2)C(=O)NC12CCOC2=O. The fourth-order valence-corrected chi connectivity index (χ4v) is 2.45. The molecule has 104 valence electrons. The standard InChI is InChI=1S/C13H13N3O4/c1-15-12(19)16(9-5-3-2-4-6-9)11(18)14-13(15)7-8-20-10(13)17/h2-6H,7-8H2,1H3,(H,14,18). The highest BCUT2D eigenvalue weighted by molar-refractivity contribution is 6.17. The third-order valence-corrected chi connectivity index (χ3v) is 3.62. The quantitative estimate of drug-likeness (QED) is 0.773. The lowest BCUT2D eigenvalue weighted by atomic mass is 10.1. The number of urea groups is 2. The molecule has 2 saturated heterocycles. The Morgan fingerprint density at radius 2 is 1.90 bits per heavy atom. The molecule has 2 heterocycles. The van der Waals surface area contributed by atoms with Gasteiger partial charge in [0.15, 0.2) is 0 Å². The summed E-state index contributed by atoms with van der Waals surface area (Å²) in [4.78, 5) is 38.7. The van der Waals surface area contributed by atoms with Crippen LogP contribution in [0.15, 0.2) is 30.3 Å². The van der Waals surface area contributed by atoms with Crippen LogP contribution < -0.4 is 10.2 Å². The summed E-state index contributed by atoms with van der Waals surface area (Å²) in [6, 6.07) is 7.35. The van der Waals surface area contributed by atoms with Gasteiger partial charge in [-0.2, -0.15) is 0 Å². The summed E-state index contributed by atoms with van der Waals surface area (Å²) in [6.45, 7) is 0.183. The van der Waals surface area contributed by atoms with Crippen LogP contribution in [0.2, 0.25) is 0 Å². The second-order valence-electron chi connectivity index (χ2n) is 4.69. The number of carbonyl (C=O) groups is 3. The van der Waals surface area contributed by atoms with E-state index in [0.29, 0.717) is 5.69 Å². The summed E-state index contributed by atoms with van der Waals surface area (Å²) < 4.78 is 4.89. The van der Waals surface area contributed by atoms with Gasteiger partial charge >= 0.3 is 18.0 Å². The smallest absolute Gasteiger partial charge is 0.353 e. The van der Waals surface area contributed by atoms with Gasteiger partial charge in [0.25, 0.3) is 0 Å². The first kappa shape index (κ1) is 12.5. The monoisotopic (exact) mass is 275 g/mol. The van der Waals surface area contributed by atoms with Crippen molar-refractivity contribution in [1.29, 1.82) is 0 Å². The molecule has 0 radical (unpaired) electrons. The number of rotatable bonds is 1. The van der Waals surface area contributed by atoms with Gasteiger partial charge in [-0.15, -0.1) is 0 Å². The van der Waals surface area contributed by atoms with Crippen molar-refractivity contribution in [3.8, 4) is 0 Å². The van der Waals surface area contributed by atoms with Gasteiger partial charge in [0.2, 0.25) is 5.66 Å². The van der Waals surface area contributed by atoms with Crippen molar-refractivity contribution >= 4 is 23.7 Å². The highest BCUT2D eigenvalue weighted by atomic mass is 16.5. The number of hydrogen-bond acceptors (Lipinski definition) is 4. The summed E-state index contributed by atoms with van der Waals surface area (Å²) in [5.41, 5.74) is -0.928. The summed E-state index contributed by atoms with van der Waals surface area (Å²) in [5.74, 6) is -0.602. The zero-order valence-electron chi connectivity index (χ0n) is 10.8. The molecule has 0 bridgehead atoms. The van der Waals surface area contributed by atoms with E-state index in [4.69, 9.17) is 4.74 Å². The molecule has 2 aliphatic rings. The van der Waals surface area contributed by atoms with Gasteiger partial charge in [0.05, 0.1) is 12.3 Å². The number of cyclic esters (lactones) is 1. The van der Waals surface area contributed by atoms with Crippen LogP contribution in [0.5, 0.6) is 0 Å². The van der Waals surface area contributed by atoms with E-state index in [2.05, 4.69) is 5.32 Å². The number of imide groups is 1. The topological polar surface area (TPSA) is 79.0 Å². The fourth-order valence-electron chi connectivity index (χ4n) is 2.45. The number of nitrogens with one attached hydrogen (secondary N) is 1. The molecule has 0 aliphatic carbocycles. The van der Waals surface area contributed by atoms with Crippen LogP contribution in [0.1, 0.15) is 6.42 Å². The van der Waals surface area contributed by atoms with E-state index in [0.717, 1.165) is 4.90 Å². The Morgan fingerprint density at radius 1 is 1.20 bits per heavy atom. The second kappa shape index (κ2) is 4.22. The van der Waals surface area contributed by atoms with E-state index in [1.807, 2.05) is 0 Å². The average molecular weight is 275 g/mol. The predicted molar refractivity (Wildman–Crippen MR) is 68.9 cm³/mol. The molecule has 1 N–H and O–H groups in total. The normalized spacial score (nSPS) is 25.9. The van der Waals surface area contributed by atoms with Gasteiger partial charge in [-0.3, -0.25) is 4.90 Å². The lowest BCUT2D eigenvalue weighted by molar-refractivity contribution is -0.147. The number of anilines is 1.